The van der Waals surface area contributed by atoms with Gasteiger partial charge in [-0.1, -0.05) is 12.1 Å². The SMILES string of the molecule is CCn1c(CCNC(=O)[C@H]2CCCN(C(=O)N(C)C)C2)nc2ccccc21. The molecule has 0 unspecified atom stereocenters. The molecule has 0 radical (unpaired) electrons. The zero-order valence-corrected chi connectivity index (χ0v) is 16.4. The number of benzene rings is 1. The second-order valence-electron chi connectivity index (χ2n) is 7.26. The molecule has 3 amide bonds. The Hall–Kier alpha value is -2.57. The average molecular weight is 371 g/mol. The Bertz CT molecular complexity index is 814. The number of nitrogens with zero attached hydrogens (tertiary/aromatic N) is 4. The van der Waals surface area contributed by atoms with Gasteiger partial charge in [-0.05, 0) is 31.9 Å². The van der Waals surface area contributed by atoms with Crippen LogP contribution < -0.4 is 5.32 Å². The lowest BCUT2D eigenvalue weighted by Gasteiger charge is -2.33. The molecule has 1 aliphatic heterocycles. The summed E-state index contributed by atoms with van der Waals surface area (Å²) in [5, 5.41) is 3.04. The van der Waals surface area contributed by atoms with E-state index in [1.54, 1.807) is 23.9 Å². The summed E-state index contributed by atoms with van der Waals surface area (Å²) < 4.78 is 2.19. The number of hydrogen-bond donors (Lipinski definition) is 1. The molecule has 27 heavy (non-hydrogen) atoms. The summed E-state index contributed by atoms with van der Waals surface area (Å²) in [7, 11) is 3.48. The van der Waals surface area contributed by atoms with E-state index in [2.05, 4.69) is 22.9 Å². The molecule has 146 valence electrons. The zero-order chi connectivity index (χ0) is 19.4. The van der Waals surface area contributed by atoms with E-state index in [-0.39, 0.29) is 17.9 Å². The van der Waals surface area contributed by atoms with Crippen LogP contribution in [0.3, 0.4) is 0 Å². The maximum Gasteiger partial charge on any atom is 0.319 e. The number of likely N-dealkylation sites (tertiary alicyclic amines) is 1. The Morgan fingerprint density at radius 1 is 1.30 bits per heavy atom. The third kappa shape index (κ3) is 4.23. The Balaban J connectivity index is 1.56. The molecule has 7 nitrogen and oxygen atoms in total. The average Bonchev–Trinajstić information content (AvgIpc) is 3.04. The highest BCUT2D eigenvalue weighted by atomic mass is 16.2. The van der Waals surface area contributed by atoms with Crippen LogP contribution in [0.4, 0.5) is 4.79 Å². The van der Waals surface area contributed by atoms with Crippen molar-refractivity contribution in [2.45, 2.75) is 32.7 Å². The molecule has 0 saturated carbocycles. The van der Waals surface area contributed by atoms with E-state index in [0.717, 1.165) is 42.8 Å². The highest BCUT2D eigenvalue weighted by molar-refractivity contribution is 5.81. The number of aromatic nitrogens is 2. The molecule has 7 heteroatoms. The molecule has 3 rings (SSSR count). The van der Waals surface area contributed by atoms with Gasteiger partial charge in [-0.15, -0.1) is 0 Å². The van der Waals surface area contributed by atoms with Crippen LogP contribution in [0.5, 0.6) is 0 Å². The number of carbonyl (C=O) groups is 2. The number of imidazole rings is 1. The predicted octanol–water partition coefficient (Wildman–Crippen LogP) is 2.11. The number of rotatable bonds is 5. The molecular weight excluding hydrogens is 342 g/mol. The molecule has 0 bridgehead atoms. The van der Waals surface area contributed by atoms with Crippen LogP contribution in [0, 0.1) is 5.92 Å². The van der Waals surface area contributed by atoms with E-state index in [9.17, 15) is 9.59 Å². The standard InChI is InChI=1S/C20H29N5O2/c1-4-25-17-10-6-5-9-16(17)22-18(25)11-12-21-19(26)15-8-7-13-24(14-15)20(27)23(2)3/h5-6,9-10,15H,4,7-8,11-14H2,1-3H3,(H,21,26)/t15-/m0/s1. The van der Waals surface area contributed by atoms with Gasteiger partial charge in [0.25, 0.3) is 0 Å². The number of fused-ring (bicyclic) bond motifs is 1. The molecule has 1 N–H and O–H groups in total. The molecule has 0 aliphatic carbocycles. The van der Waals surface area contributed by atoms with Crippen molar-refractivity contribution in [2.75, 3.05) is 33.7 Å². The minimum absolute atomic E-state index is 0.0239. The summed E-state index contributed by atoms with van der Waals surface area (Å²) in [6, 6.07) is 8.08. The highest BCUT2D eigenvalue weighted by Crippen LogP contribution is 2.18. The molecule has 2 aromatic rings. The largest absolute Gasteiger partial charge is 0.355 e. The first-order valence-corrected chi connectivity index (χ1v) is 9.69. The van der Waals surface area contributed by atoms with Gasteiger partial charge in [0.15, 0.2) is 0 Å². The number of carbonyl (C=O) groups excluding carboxylic acids is 2. The molecular formula is C20H29N5O2. The number of urea groups is 1. The van der Waals surface area contributed by atoms with Crippen molar-refractivity contribution in [1.82, 2.24) is 24.7 Å². The lowest BCUT2D eigenvalue weighted by molar-refractivity contribution is -0.126. The maximum absolute atomic E-state index is 12.6. The van der Waals surface area contributed by atoms with E-state index >= 15 is 0 Å². The van der Waals surface area contributed by atoms with Gasteiger partial charge >= 0.3 is 6.03 Å². The summed E-state index contributed by atoms with van der Waals surface area (Å²) >= 11 is 0. The summed E-state index contributed by atoms with van der Waals surface area (Å²) in [6.45, 7) is 4.74. The van der Waals surface area contributed by atoms with E-state index in [0.29, 0.717) is 19.5 Å². The number of aryl methyl sites for hydroxylation is 1. The Morgan fingerprint density at radius 3 is 2.81 bits per heavy atom. The van der Waals surface area contributed by atoms with Crippen LogP contribution in [0.15, 0.2) is 24.3 Å². The van der Waals surface area contributed by atoms with Crippen LogP contribution in [0.25, 0.3) is 11.0 Å². The van der Waals surface area contributed by atoms with Crippen LogP contribution in [0.1, 0.15) is 25.6 Å². The van der Waals surface area contributed by atoms with E-state index in [4.69, 9.17) is 4.98 Å². The highest BCUT2D eigenvalue weighted by Gasteiger charge is 2.28. The van der Waals surface area contributed by atoms with Gasteiger partial charge < -0.3 is 19.7 Å². The first-order chi connectivity index (χ1) is 13.0. The van der Waals surface area contributed by atoms with Crippen molar-refractivity contribution >= 4 is 23.0 Å². The molecule has 1 atom stereocenters. The third-order valence-corrected chi connectivity index (χ3v) is 5.14. The molecule has 0 spiro atoms. The Morgan fingerprint density at radius 2 is 2.07 bits per heavy atom. The van der Waals surface area contributed by atoms with E-state index in [1.807, 2.05) is 18.2 Å². The van der Waals surface area contributed by atoms with E-state index in [1.165, 1.54) is 0 Å². The second kappa shape index (κ2) is 8.41. The van der Waals surface area contributed by atoms with Crippen molar-refractivity contribution in [3.63, 3.8) is 0 Å². The van der Waals surface area contributed by atoms with Gasteiger partial charge in [-0.25, -0.2) is 9.78 Å². The number of piperidine rings is 1. The van der Waals surface area contributed by atoms with Gasteiger partial charge in [0.1, 0.15) is 5.82 Å². The molecule has 2 heterocycles. The van der Waals surface area contributed by atoms with Crippen molar-refractivity contribution in [3.8, 4) is 0 Å². The first kappa shape index (κ1) is 19.2. The van der Waals surface area contributed by atoms with Gasteiger partial charge in [0, 0.05) is 46.7 Å². The number of para-hydroxylation sites is 2. The summed E-state index contributed by atoms with van der Waals surface area (Å²) in [4.78, 5) is 32.7. The predicted molar refractivity (Wildman–Crippen MR) is 106 cm³/mol. The summed E-state index contributed by atoms with van der Waals surface area (Å²) in [5.74, 6) is 0.894. The van der Waals surface area contributed by atoms with Gasteiger partial charge in [0.2, 0.25) is 5.91 Å². The lowest BCUT2D eigenvalue weighted by Crippen LogP contribution is -2.48. The van der Waals surface area contributed by atoms with Crippen molar-refractivity contribution in [3.05, 3.63) is 30.1 Å². The number of amides is 3. The Kier molecular flexibility index (Phi) is 5.98. The Labute approximate surface area is 160 Å². The third-order valence-electron chi connectivity index (χ3n) is 5.14. The normalized spacial score (nSPS) is 17.1. The monoisotopic (exact) mass is 371 g/mol. The quantitative estimate of drug-likeness (QED) is 0.875. The first-order valence-electron chi connectivity index (χ1n) is 9.69. The fourth-order valence-electron chi connectivity index (χ4n) is 3.76. The molecule has 1 aromatic heterocycles. The molecule has 1 aliphatic rings. The van der Waals surface area contributed by atoms with Crippen LogP contribution in [0.2, 0.25) is 0 Å². The number of nitrogens with one attached hydrogen (secondary N) is 1. The second-order valence-corrected chi connectivity index (χ2v) is 7.26. The maximum atomic E-state index is 12.6. The van der Waals surface area contributed by atoms with E-state index < -0.39 is 0 Å². The smallest absolute Gasteiger partial charge is 0.319 e. The van der Waals surface area contributed by atoms with Gasteiger partial charge in [-0.2, -0.15) is 0 Å². The minimum Gasteiger partial charge on any atom is -0.355 e. The topological polar surface area (TPSA) is 70.5 Å². The van der Waals surface area contributed by atoms with Gasteiger partial charge in [0.05, 0.1) is 17.0 Å². The zero-order valence-electron chi connectivity index (χ0n) is 16.4. The fraction of sp³-hybridized carbons (Fsp3) is 0.550. The van der Waals surface area contributed by atoms with Crippen LogP contribution in [-0.2, 0) is 17.8 Å². The van der Waals surface area contributed by atoms with Crippen molar-refractivity contribution < 1.29 is 9.59 Å². The minimum atomic E-state index is -0.132. The van der Waals surface area contributed by atoms with Crippen LogP contribution >= 0.6 is 0 Å². The molecule has 1 fully saturated rings. The van der Waals surface area contributed by atoms with Crippen molar-refractivity contribution in [1.29, 1.82) is 0 Å². The summed E-state index contributed by atoms with van der Waals surface area (Å²) in [5.41, 5.74) is 2.12. The molecule has 1 saturated heterocycles. The fourth-order valence-corrected chi connectivity index (χ4v) is 3.76. The van der Waals surface area contributed by atoms with Gasteiger partial charge in [-0.3, -0.25) is 4.79 Å². The molecule has 1 aromatic carbocycles. The van der Waals surface area contributed by atoms with Crippen LogP contribution in [-0.4, -0.2) is 65.0 Å². The lowest BCUT2D eigenvalue weighted by atomic mass is 9.97. The number of hydrogen-bond acceptors (Lipinski definition) is 3. The summed E-state index contributed by atoms with van der Waals surface area (Å²) in [6.07, 6.45) is 2.39. The van der Waals surface area contributed by atoms with Crippen molar-refractivity contribution in [2.24, 2.45) is 5.92 Å².